The van der Waals surface area contributed by atoms with Crippen LogP contribution in [0.15, 0.2) is 42.0 Å². The Morgan fingerprint density at radius 1 is 1.06 bits per heavy atom. The third-order valence-corrected chi connectivity index (χ3v) is 3.92. The van der Waals surface area contributed by atoms with Gasteiger partial charge in [0.15, 0.2) is 0 Å². The van der Waals surface area contributed by atoms with Crippen molar-refractivity contribution in [1.29, 1.82) is 0 Å². The van der Waals surface area contributed by atoms with Gasteiger partial charge in [0.2, 0.25) is 0 Å². The van der Waals surface area contributed by atoms with E-state index in [0.717, 1.165) is 26.2 Å². The Morgan fingerprint density at radius 2 is 2.00 bits per heavy atom. The van der Waals surface area contributed by atoms with Crippen LogP contribution >= 0.6 is 0 Å². The van der Waals surface area contributed by atoms with Crippen molar-refractivity contribution in [3.05, 3.63) is 47.5 Å². The third-order valence-electron chi connectivity index (χ3n) is 3.92. The molecule has 2 nitrogen and oxygen atoms in total. The maximum Gasteiger partial charge on any atom is 0.0699 e. The summed E-state index contributed by atoms with van der Waals surface area (Å²) >= 11 is 0. The van der Waals surface area contributed by atoms with Gasteiger partial charge in [-0.1, -0.05) is 30.3 Å². The Balaban J connectivity index is 2.05. The zero-order chi connectivity index (χ0) is 11.9. The van der Waals surface area contributed by atoms with E-state index in [1.54, 1.807) is 0 Å². The molecule has 0 aromatic heterocycles. The van der Waals surface area contributed by atoms with Gasteiger partial charge in [0, 0.05) is 17.8 Å². The standard InChI is InChI=1S/C16H15NO/c1-2-4-13-11(3-1)5-6-15-16(13)14-7-8-18-10-12(14)9-17-15/h1-6,17H,7-10H2. The van der Waals surface area contributed by atoms with E-state index >= 15 is 0 Å². The average Bonchev–Trinajstić information content (AvgIpc) is 2.46. The minimum atomic E-state index is 0.783. The first kappa shape index (κ1) is 10.2. The van der Waals surface area contributed by atoms with Crippen LogP contribution < -0.4 is 5.32 Å². The Morgan fingerprint density at radius 3 is 3.00 bits per heavy atom. The predicted molar refractivity (Wildman–Crippen MR) is 74.8 cm³/mol. The molecule has 0 atom stereocenters. The summed E-state index contributed by atoms with van der Waals surface area (Å²) in [4.78, 5) is 0. The van der Waals surface area contributed by atoms with Crippen molar-refractivity contribution in [3.63, 3.8) is 0 Å². The first-order valence-corrected chi connectivity index (χ1v) is 6.48. The highest BCUT2D eigenvalue weighted by atomic mass is 16.5. The molecule has 0 fully saturated rings. The lowest BCUT2D eigenvalue weighted by Crippen LogP contribution is -2.22. The summed E-state index contributed by atoms with van der Waals surface area (Å²) in [5, 5.41) is 6.19. The first-order chi connectivity index (χ1) is 8.93. The molecule has 0 spiro atoms. The van der Waals surface area contributed by atoms with Crippen LogP contribution in [0.3, 0.4) is 0 Å². The molecule has 2 aromatic rings. The number of rotatable bonds is 0. The van der Waals surface area contributed by atoms with E-state index in [-0.39, 0.29) is 0 Å². The Labute approximate surface area is 106 Å². The van der Waals surface area contributed by atoms with Gasteiger partial charge in [-0.15, -0.1) is 0 Å². The van der Waals surface area contributed by atoms with Crippen molar-refractivity contribution in [2.45, 2.75) is 6.42 Å². The van der Waals surface area contributed by atoms with E-state index in [9.17, 15) is 0 Å². The van der Waals surface area contributed by atoms with Crippen LogP contribution in [0.2, 0.25) is 0 Å². The zero-order valence-electron chi connectivity index (χ0n) is 10.2. The van der Waals surface area contributed by atoms with Crippen molar-refractivity contribution < 1.29 is 4.74 Å². The molecular weight excluding hydrogens is 222 g/mol. The fourth-order valence-electron chi connectivity index (χ4n) is 3.04. The molecule has 2 heterocycles. The minimum absolute atomic E-state index is 0.783. The summed E-state index contributed by atoms with van der Waals surface area (Å²) in [6, 6.07) is 13.0. The zero-order valence-corrected chi connectivity index (χ0v) is 10.2. The summed E-state index contributed by atoms with van der Waals surface area (Å²) in [5.74, 6) is 0. The van der Waals surface area contributed by atoms with Gasteiger partial charge < -0.3 is 10.1 Å². The van der Waals surface area contributed by atoms with Gasteiger partial charge in [-0.2, -0.15) is 0 Å². The van der Waals surface area contributed by atoms with Crippen molar-refractivity contribution in [3.8, 4) is 0 Å². The van der Waals surface area contributed by atoms with Gasteiger partial charge in [-0.25, -0.2) is 0 Å². The van der Waals surface area contributed by atoms with Gasteiger partial charge in [-0.05, 0) is 34.4 Å². The number of benzene rings is 2. The molecule has 4 rings (SSSR count). The molecule has 18 heavy (non-hydrogen) atoms. The van der Waals surface area contributed by atoms with E-state index in [4.69, 9.17) is 4.74 Å². The quantitative estimate of drug-likeness (QED) is 0.758. The Bertz CT molecular complexity index is 657. The third kappa shape index (κ3) is 1.39. The highest BCUT2D eigenvalue weighted by molar-refractivity contribution is 6.01. The number of anilines is 1. The summed E-state index contributed by atoms with van der Waals surface area (Å²) in [5.41, 5.74) is 5.60. The predicted octanol–water partition coefficient (Wildman–Crippen LogP) is 3.44. The minimum Gasteiger partial charge on any atom is -0.381 e. The Kier molecular flexibility index (Phi) is 2.17. The van der Waals surface area contributed by atoms with Gasteiger partial charge >= 0.3 is 0 Å². The van der Waals surface area contributed by atoms with Crippen LogP contribution in [-0.2, 0) is 4.74 Å². The van der Waals surface area contributed by atoms with Crippen LogP contribution in [-0.4, -0.2) is 19.8 Å². The molecule has 2 aromatic carbocycles. The van der Waals surface area contributed by atoms with E-state index in [1.807, 2.05) is 0 Å². The molecule has 0 unspecified atom stereocenters. The summed E-state index contributed by atoms with van der Waals surface area (Å²) < 4.78 is 5.57. The SMILES string of the molecule is c1ccc2c3c(ccc2c1)NCC1=C3CCOC1. The molecule has 1 N–H and O–H groups in total. The van der Waals surface area contributed by atoms with Crippen LogP contribution in [0.1, 0.15) is 12.0 Å². The highest BCUT2D eigenvalue weighted by Gasteiger charge is 2.23. The lowest BCUT2D eigenvalue weighted by atomic mass is 9.88. The molecule has 2 aliphatic rings. The van der Waals surface area contributed by atoms with Crippen LogP contribution in [0.5, 0.6) is 0 Å². The molecule has 90 valence electrons. The van der Waals surface area contributed by atoms with Crippen molar-refractivity contribution in [2.24, 2.45) is 0 Å². The lowest BCUT2D eigenvalue weighted by molar-refractivity contribution is 0.153. The molecule has 0 aliphatic carbocycles. The maximum atomic E-state index is 5.57. The number of hydrogen-bond acceptors (Lipinski definition) is 2. The largest absolute Gasteiger partial charge is 0.381 e. The second-order valence-corrected chi connectivity index (χ2v) is 4.95. The lowest BCUT2D eigenvalue weighted by Gasteiger charge is -2.29. The smallest absolute Gasteiger partial charge is 0.0699 e. The maximum absolute atomic E-state index is 5.57. The van der Waals surface area contributed by atoms with Gasteiger partial charge in [0.1, 0.15) is 0 Å². The van der Waals surface area contributed by atoms with Crippen molar-refractivity contribution >= 4 is 22.0 Å². The summed E-state index contributed by atoms with van der Waals surface area (Å²) in [6.45, 7) is 2.56. The molecule has 2 heteroatoms. The number of ether oxygens (including phenoxy) is 1. The molecule has 0 saturated heterocycles. The Hall–Kier alpha value is -1.80. The topological polar surface area (TPSA) is 21.3 Å². The number of fused-ring (bicyclic) bond motifs is 4. The van der Waals surface area contributed by atoms with E-state index < -0.39 is 0 Å². The fourth-order valence-corrected chi connectivity index (χ4v) is 3.04. The second kappa shape index (κ2) is 3.85. The highest BCUT2D eigenvalue weighted by Crippen LogP contribution is 2.39. The summed E-state index contributed by atoms with van der Waals surface area (Å²) in [6.07, 6.45) is 1.04. The van der Waals surface area contributed by atoms with E-state index in [2.05, 4.69) is 41.7 Å². The van der Waals surface area contributed by atoms with Crippen LogP contribution in [0.25, 0.3) is 16.3 Å². The second-order valence-electron chi connectivity index (χ2n) is 4.95. The molecule has 2 aliphatic heterocycles. The fraction of sp³-hybridized carbons (Fsp3) is 0.250. The van der Waals surface area contributed by atoms with Gasteiger partial charge in [-0.3, -0.25) is 0 Å². The molecule has 0 amide bonds. The average molecular weight is 237 g/mol. The molecule has 0 bridgehead atoms. The van der Waals surface area contributed by atoms with Crippen molar-refractivity contribution in [2.75, 3.05) is 25.1 Å². The number of nitrogens with one attached hydrogen (secondary N) is 1. The van der Waals surface area contributed by atoms with Gasteiger partial charge in [0.25, 0.3) is 0 Å². The molecular formula is C16H15NO. The molecule has 0 saturated carbocycles. The molecule has 0 radical (unpaired) electrons. The van der Waals surface area contributed by atoms with E-state index in [0.29, 0.717) is 0 Å². The van der Waals surface area contributed by atoms with Crippen molar-refractivity contribution in [1.82, 2.24) is 0 Å². The van der Waals surface area contributed by atoms with Crippen LogP contribution in [0.4, 0.5) is 5.69 Å². The van der Waals surface area contributed by atoms with Crippen LogP contribution in [0, 0.1) is 0 Å². The number of hydrogen-bond donors (Lipinski definition) is 1. The first-order valence-electron chi connectivity index (χ1n) is 6.48. The van der Waals surface area contributed by atoms with Gasteiger partial charge in [0.05, 0.1) is 13.2 Å². The normalized spacial score (nSPS) is 18.2. The summed E-state index contributed by atoms with van der Waals surface area (Å²) in [7, 11) is 0. The monoisotopic (exact) mass is 237 g/mol. The van der Waals surface area contributed by atoms with E-state index in [1.165, 1.54) is 33.2 Å².